The van der Waals surface area contributed by atoms with Gasteiger partial charge < -0.3 is 39.1 Å². The first-order valence-electron chi connectivity index (χ1n) is 19.3. The maximum atomic E-state index is 14.3. The van der Waals surface area contributed by atoms with Crippen LogP contribution in [-0.2, 0) is 35.5 Å². The standard InChI is InChI=1S/C40H60N6O11/c1-35(2,3)54-31(48)42-29(41)45(33(50)56-37(7,8)9)24-17-18-40(52-14)25-21-22-15-16-23(27-26(22)39(40,28(24)53-27)19-20-44(25)13)46(34(51)57-38(10,11)12)30(47)43-32(49)55-36(4,5)6/h15-16,24-25,28H,17-21H2,1-14H3,(H2,41,42,48)(H,43,47,49)/t24-,25?,28+,39?,40-/m1/s1. The predicted octanol–water partition coefficient (Wildman–Crippen LogP) is 6.37. The molecule has 17 nitrogen and oxygen atoms in total. The van der Waals surface area contributed by atoms with Gasteiger partial charge >= 0.3 is 30.4 Å². The van der Waals surface area contributed by atoms with Gasteiger partial charge in [0, 0.05) is 18.7 Å². The Balaban J connectivity index is 1.73. The fourth-order valence-electron chi connectivity index (χ4n) is 8.74. The summed E-state index contributed by atoms with van der Waals surface area (Å²) in [5.74, 6) is -0.289. The molecule has 5 rings (SSSR count). The molecule has 17 heteroatoms. The van der Waals surface area contributed by atoms with Gasteiger partial charge in [0.25, 0.3) is 0 Å². The van der Waals surface area contributed by atoms with E-state index in [1.807, 2.05) is 13.1 Å². The van der Waals surface area contributed by atoms with Gasteiger partial charge in [-0.15, -0.1) is 4.99 Å². The molecule has 57 heavy (non-hydrogen) atoms. The number of carbonyl (C=O) groups excluding carboxylic acids is 5. The van der Waals surface area contributed by atoms with Crippen LogP contribution in [0.1, 0.15) is 113 Å². The number of anilines is 1. The lowest BCUT2D eigenvalue weighted by Crippen LogP contribution is -2.78. The van der Waals surface area contributed by atoms with E-state index in [0.29, 0.717) is 36.3 Å². The molecule has 6 amide bonds. The van der Waals surface area contributed by atoms with Gasteiger partial charge in [0.05, 0.1) is 22.7 Å². The second kappa shape index (κ2) is 14.6. The second-order valence-corrected chi connectivity index (χ2v) is 19.2. The van der Waals surface area contributed by atoms with Gasteiger partial charge in [-0.25, -0.2) is 34.2 Å². The number of urea groups is 1. The molecule has 1 aromatic rings. The summed E-state index contributed by atoms with van der Waals surface area (Å²) in [4.78, 5) is 76.5. The Morgan fingerprint density at radius 2 is 1.44 bits per heavy atom. The van der Waals surface area contributed by atoms with Gasteiger partial charge in [-0.2, -0.15) is 4.90 Å². The molecule has 2 unspecified atom stereocenters. The number of likely N-dealkylation sites (N-methyl/N-ethyl adjacent to an activating group) is 1. The number of carbonyl (C=O) groups is 5. The number of hydrogen-bond donors (Lipinski definition) is 2. The number of benzene rings is 1. The summed E-state index contributed by atoms with van der Waals surface area (Å²) >= 11 is 0. The van der Waals surface area contributed by atoms with Crippen molar-refractivity contribution < 1.29 is 52.4 Å². The minimum atomic E-state index is -1.14. The number of imide groups is 2. The first-order chi connectivity index (χ1) is 26.0. The quantitative estimate of drug-likeness (QED) is 0.194. The zero-order chi connectivity index (χ0) is 42.8. The predicted molar refractivity (Wildman–Crippen MR) is 209 cm³/mol. The van der Waals surface area contributed by atoms with E-state index in [9.17, 15) is 24.0 Å². The van der Waals surface area contributed by atoms with Crippen LogP contribution in [0.25, 0.3) is 0 Å². The molecule has 5 atom stereocenters. The lowest BCUT2D eigenvalue weighted by Gasteiger charge is -2.65. The number of likely N-dealkylation sites (tertiary alicyclic amines) is 1. The summed E-state index contributed by atoms with van der Waals surface area (Å²) in [6, 6.07) is 1.23. The third-order valence-corrected chi connectivity index (χ3v) is 10.4. The average molecular weight is 801 g/mol. The van der Waals surface area contributed by atoms with Crippen molar-refractivity contribution in [2.45, 2.75) is 160 Å². The Morgan fingerprint density at radius 1 is 0.860 bits per heavy atom. The number of rotatable bonds is 3. The summed E-state index contributed by atoms with van der Waals surface area (Å²) in [7, 11) is 3.70. The first-order valence-corrected chi connectivity index (χ1v) is 19.3. The number of guanidine groups is 1. The highest BCUT2D eigenvalue weighted by Crippen LogP contribution is 2.67. The van der Waals surface area contributed by atoms with Crippen molar-refractivity contribution in [2.24, 2.45) is 10.7 Å². The van der Waals surface area contributed by atoms with Crippen LogP contribution in [0.15, 0.2) is 17.1 Å². The number of ether oxygens (including phenoxy) is 6. The number of aliphatic imine (C=N–C) groups is 1. The lowest BCUT2D eigenvalue weighted by molar-refractivity contribution is -0.207. The molecule has 2 aliphatic heterocycles. The molecule has 0 aromatic heterocycles. The summed E-state index contributed by atoms with van der Waals surface area (Å²) in [6.07, 6.45) is -3.26. The smallest absolute Gasteiger partial charge is 0.437 e. The Hall–Kier alpha value is -4.64. The molecular weight excluding hydrogens is 740 g/mol. The zero-order valence-electron chi connectivity index (χ0n) is 35.8. The van der Waals surface area contributed by atoms with Crippen LogP contribution in [0.2, 0.25) is 0 Å². The van der Waals surface area contributed by atoms with E-state index in [0.717, 1.165) is 10.5 Å². The third-order valence-electron chi connectivity index (χ3n) is 10.4. The molecule has 2 heterocycles. The van der Waals surface area contributed by atoms with E-state index in [4.69, 9.17) is 34.2 Å². The maximum absolute atomic E-state index is 14.3. The lowest BCUT2D eigenvalue weighted by atomic mass is 9.48. The van der Waals surface area contributed by atoms with Crippen molar-refractivity contribution >= 4 is 42.1 Å². The van der Waals surface area contributed by atoms with Crippen molar-refractivity contribution in [3.05, 3.63) is 23.3 Å². The van der Waals surface area contributed by atoms with Crippen LogP contribution in [0.3, 0.4) is 0 Å². The minimum absolute atomic E-state index is 0.00632. The molecule has 3 N–H and O–H groups in total. The van der Waals surface area contributed by atoms with E-state index in [1.165, 1.54) is 0 Å². The number of alkyl carbamates (subject to hydrolysis) is 1. The molecule has 1 aromatic carbocycles. The van der Waals surface area contributed by atoms with Crippen molar-refractivity contribution in [1.29, 1.82) is 0 Å². The van der Waals surface area contributed by atoms with Crippen molar-refractivity contribution in [2.75, 3.05) is 25.6 Å². The number of nitrogens with one attached hydrogen (secondary N) is 1. The number of amides is 6. The Kier molecular flexibility index (Phi) is 11.2. The van der Waals surface area contributed by atoms with Crippen molar-refractivity contribution in [3.63, 3.8) is 0 Å². The molecule has 1 saturated heterocycles. The van der Waals surface area contributed by atoms with Gasteiger partial charge in [0.15, 0.2) is 0 Å². The molecular formula is C40H60N6O11. The summed E-state index contributed by atoms with van der Waals surface area (Å²) in [6.45, 7) is 20.6. The van der Waals surface area contributed by atoms with Gasteiger partial charge in [0.2, 0.25) is 5.96 Å². The van der Waals surface area contributed by atoms with E-state index in [2.05, 4.69) is 15.2 Å². The molecule has 2 aliphatic carbocycles. The maximum Gasteiger partial charge on any atom is 0.437 e. The van der Waals surface area contributed by atoms with Crippen LogP contribution in [-0.4, -0.2) is 113 Å². The van der Waals surface area contributed by atoms with Crippen LogP contribution < -0.4 is 20.7 Å². The molecule has 2 fully saturated rings. The summed E-state index contributed by atoms with van der Waals surface area (Å²) in [5.41, 5.74) is 2.43. The fourth-order valence-corrected chi connectivity index (χ4v) is 8.74. The highest BCUT2D eigenvalue weighted by atomic mass is 16.6. The Morgan fingerprint density at radius 3 is 2.00 bits per heavy atom. The largest absolute Gasteiger partial charge is 0.485 e. The number of nitrogens with zero attached hydrogens (tertiary/aromatic N) is 4. The van der Waals surface area contributed by atoms with Gasteiger partial charge in [-0.1, -0.05) is 6.07 Å². The zero-order valence-corrected chi connectivity index (χ0v) is 35.8. The summed E-state index contributed by atoms with van der Waals surface area (Å²) in [5, 5.41) is 2.16. The molecule has 1 saturated carbocycles. The number of nitrogens with two attached hydrogens (primary N) is 1. The topological polar surface area (TPSA) is 201 Å². The number of methoxy groups -OCH3 is 1. The van der Waals surface area contributed by atoms with Gasteiger partial charge in [0.1, 0.15) is 34.3 Å². The third kappa shape index (κ3) is 8.36. The van der Waals surface area contributed by atoms with Crippen molar-refractivity contribution in [3.8, 4) is 5.75 Å². The monoisotopic (exact) mass is 800 g/mol. The second-order valence-electron chi connectivity index (χ2n) is 19.2. The number of hydrogen-bond acceptors (Lipinski definition) is 12. The summed E-state index contributed by atoms with van der Waals surface area (Å²) < 4.78 is 36.1. The Bertz CT molecular complexity index is 1840. The first kappa shape index (κ1) is 43.5. The van der Waals surface area contributed by atoms with E-state index >= 15 is 0 Å². The van der Waals surface area contributed by atoms with Gasteiger partial charge in [-0.05, 0) is 134 Å². The van der Waals surface area contributed by atoms with Crippen LogP contribution in [0.5, 0.6) is 5.75 Å². The molecule has 2 bridgehead atoms. The van der Waals surface area contributed by atoms with E-state index < -0.39 is 81.9 Å². The highest BCUT2D eigenvalue weighted by Gasteiger charge is 2.74. The van der Waals surface area contributed by atoms with Crippen LogP contribution in [0.4, 0.5) is 29.7 Å². The minimum Gasteiger partial charge on any atom is -0.485 e. The van der Waals surface area contributed by atoms with E-state index in [1.54, 1.807) is 96.3 Å². The Labute approximate surface area is 334 Å². The number of piperidine rings is 1. The van der Waals surface area contributed by atoms with Gasteiger partial charge in [-0.3, -0.25) is 0 Å². The molecule has 316 valence electrons. The normalized spacial score (nSPS) is 25.6. The molecule has 0 radical (unpaired) electrons. The molecule has 1 spiro atoms. The van der Waals surface area contributed by atoms with Crippen molar-refractivity contribution in [1.82, 2.24) is 15.1 Å². The van der Waals surface area contributed by atoms with Crippen LogP contribution in [0, 0.1) is 0 Å². The SMILES string of the molecule is CO[C@@]12CC[C@@H](N(C(=O)OC(C)(C)C)/C(N)=N/C(=O)OC(C)(C)C)[C@@H]3Oc4c(N(C(=O)NC(=O)OC(C)(C)C)C(=O)OC(C)(C)C)ccc5c4C31CCN(C)C2C5. The van der Waals surface area contributed by atoms with Crippen LogP contribution >= 0.6 is 0 Å². The average Bonchev–Trinajstić information content (AvgIpc) is 3.36. The van der Waals surface area contributed by atoms with E-state index in [-0.39, 0.29) is 23.9 Å². The fraction of sp³-hybridized carbons (Fsp3) is 0.700. The molecule has 4 aliphatic rings. The highest BCUT2D eigenvalue weighted by molar-refractivity contribution is 6.16.